The smallest absolute Gasteiger partial charge is 0.253 e. The maximum absolute atomic E-state index is 12.6. The van der Waals surface area contributed by atoms with Gasteiger partial charge in [-0.25, -0.2) is 0 Å². The van der Waals surface area contributed by atoms with E-state index in [1.54, 1.807) is 43.1 Å². The van der Waals surface area contributed by atoms with E-state index >= 15 is 0 Å². The molecule has 0 aromatic heterocycles. The number of nitrogens with one attached hydrogen (secondary N) is 2. The summed E-state index contributed by atoms with van der Waals surface area (Å²) < 4.78 is 0. The number of rotatable bonds is 4. The highest BCUT2D eigenvalue weighted by atomic mass is 16.2. The Hall–Kier alpha value is -2.88. The average Bonchev–Trinajstić information content (AvgIpc) is 2.66. The number of amides is 3. The van der Waals surface area contributed by atoms with Gasteiger partial charge in [-0.05, 0) is 38.0 Å². The second-order valence-corrected chi connectivity index (χ2v) is 6.09. The topological polar surface area (TPSA) is 102 Å². The van der Waals surface area contributed by atoms with Gasteiger partial charge in [0.1, 0.15) is 5.92 Å². The molecule has 2 N–H and O–H groups in total. The third kappa shape index (κ3) is 4.57. The van der Waals surface area contributed by atoms with Crippen LogP contribution in [0.25, 0.3) is 0 Å². The number of carbonyl (C=O) groups excluding carboxylic acids is 3. The molecule has 0 radical (unpaired) electrons. The van der Waals surface area contributed by atoms with Crippen molar-refractivity contribution in [1.29, 1.82) is 5.26 Å². The number of nitriles is 1. The van der Waals surface area contributed by atoms with Crippen molar-refractivity contribution < 1.29 is 14.4 Å². The van der Waals surface area contributed by atoms with Crippen LogP contribution in [-0.2, 0) is 4.79 Å². The van der Waals surface area contributed by atoms with Crippen LogP contribution in [0.15, 0.2) is 24.3 Å². The van der Waals surface area contributed by atoms with Crippen molar-refractivity contribution in [3.63, 3.8) is 0 Å². The lowest BCUT2D eigenvalue weighted by Gasteiger charge is -2.32. The predicted octanol–water partition coefficient (Wildman–Crippen LogP) is 0.927. The van der Waals surface area contributed by atoms with Gasteiger partial charge in [-0.1, -0.05) is 6.07 Å². The number of nitrogens with zero attached hydrogens (tertiary/aromatic N) is 2. The van der Waals surface area contributed by atoms with E-state index in [9.17, 15) is 14.4 Å². The molecule has 1 aliphatic heterocycles. The third-order valence-corrected chi connectivity index (χ3v) is 4.31. The van der Waals surface area contributed by atoms with Crippen LogP contribution in [0.4, 0.5) is 0 Å². The number of hydrogen-bond donors (Lipinski definition) is 2. The summed E-state index contributed by atoms with van der Waals surface area (Å²) in [5.74, 6) is -1.30. The molecule has 1 saturated heterocycles. The molecule has 1 aromatic carbocycles. The molecule has 2 rings (SSSR count). The van der Waals surface area contributed by atoms with E-state index in [1.807, 2.05) is 6.07 Å². The number of piperidine rings is 1. The van der Waals surface area contributed by atoms with Crippen molar-refractivity contribution in [2.75, 3.05) is 20.1 Å². The molecule has 3 amide bonds. The first-order valence-electron chi connectivity index (χ1n) is 8.27. The van der Waals surface area contributed by atoms with Gasteiger partial charge in [0.2, 0.25) is 5.91 Å². The van der Waals surface area contributed by atoms with Gasteiger partial charge in [0.25, 0.3) is 11.8 Å². The lowest BCUT2D eigenvalue weighted by molar-refractivity contribution is -0.123. The highest BCUT2D eigenvalue weighted by molar-refractivity contribution is 5.99. The minimum Gasteiger partial charge on any atom is -0.355 e. The van der Waals surface area contributed by atoms with Crippen LogP contribution >= 0.6 is 0 Å². The molecule has 0 spiro atoms. The Bertz CT molecular complexity index is 703. The maximum atomic E-state index is 12.6. The Morgan fingerprint density at radius 1 is 1.24 bits per heavy atom. The average molecular weight is 342 g/mol. The van der Waals surface area contributed by atoms with Crippen LogP contribution in [0.1, 0.15) is 40.5 Å². The van der Waals surface area contributed by atoms with Gasteiger partial charge < -0.3 is 15.5 Å². The van der Waals surface area contributed by atoms with Crippen LogP contribution in [0.5, 0.6) is 0 Å². The zero-order valence-electron chi connectivity index (χ0n) is 14.4. The van der Waals surface area contributed by atoms with Crippen molar-refractivity contribution >= 4 is 17.7 Å². The van der Waals surface area contributed by atoms with Gasteiger partial charge >= 0.3 is 0 Å². The summed E-state index contributed by atoms with van der Waals surface area (Å²) in [6, 6.07) is 8.52. The Morgan fingerprint density at radius 2 is 1.88 bits per heavy atom. The fourth-order valence-corrected chi connectivity index (χ4v) is 2.73. The number of benzene rings is 1. The summed E-state index contributed by atoms with van der Waals surface area (Å²) in [5, 5.41) is 14.1. The van der Waals surface area contributed by atoms with E-state index in [1.165, 1.54) is 0 Å². The van der Waals surface area contributed by atoms with E-state index < -0.39 is 5.92 Å². The van der Waals surface area contributed by atoms with E-state index in [2.05, 4.69) is 10.6 Å². The second kappa shape index (κ2) is 8.29. The Morgan fingerprint density at radius 3 is 2.48 bits per heavy atom. The molecule has 7 nitrogen and oxygen atoms in total. The Labute approximate surface area is 147 Å². The van der Waals surface area contributed by atoms with Crippen molar-refractivity contribution in [3.05, 3.63) is 35.4 Å². The largest absolute Gasteiger partial charge is 0.355 e. The molecule has 1 fully saturated rings. The predicted molar refractivity (Wildman–Crippen MR) is 91.7 cm³/mol. The number of likely N-dealkylation sites (tertiary alicyclic amines) is 1. The standard InChI is InChI=1S/C18H22N4O3/c1-12(11-19)16(23)21-15-6-8-22(9-7-15)18(25)14-5-3-4-13(10-14)17(24)20-2/h3-5,10,12,15H,6-9H2,1-2H3,(H,20,24)(H,21,23). The van der Waals surface area contributed by atoms with Crippen LogP contribution in [0.2, 0.25) is 0 Å². The van der Waals surface area contributed by atoms with Crippen molar-refractivity contribution in [3.8, 4) is 6.07 Å². The summed E-state index contributed by atoms with van der Waals surface area (Å²) in [6.07, 6.45) is 1.29. The summed E-state index contributed by atoms with van der Waals surface area (Å²) >= 11 is 0. The van der Waals surface area contributed by atoms with Crippen LogP contribution in [0, 0.1) is 17.2 Å². The molecule has 1 aliphatic rings. The van der Waals surface area contributed by atoms with Crippen LogP contribution in [-0.4, -0.2) is 48.8 Å². The van der Waals surface area contributed by atoms with E-state index in [0.717, 1.165) is 0 Å². The summed E-state index contributed by atoms with van der Waals surface area (Å²) in [5.41, 5.74) is 0.919. The molecule has 0 bridgehead atoms. The molecule has 0 aliphatic carbocycles. The summed E-state index contributed by atoms with van der Waals surface area (Å²) in [6.45, 7) is 2.61. The SMILES string of the molecule is CNC(=O)c1cccc(C(=O)N2CCC(NC(=O)C(C)C#N)CC2)c1. The molecular weight excluding hydrogens is 320 g/mol. The normalized spacial score (nSPS) is 15.8. The summed E-state index contributed by atoms with van der Waals surface area (Å²) in [4.78, 5) is 37.8. The molecule has 1 aromatic rings. The van der Waals surface area contributed by atoms with Gasteiger partial charge in [-0.3, -0.25) is 14.4 Å². The number of carbonyl (C=O) groups is 3. The first kappa shape index (κ1) is 18.5. The van der Waals surface area contributed by atoms with Gasteiger partial charge in [-0.2, -0.15) is 5.26 Å². The van der Waals surface area contributed by atoms with E-state index in [-0.39, 0.29) is 23.8 Å². The molecule has 132 valence electrons. The monoisotopic (exact) mass is 342 g/mol. The van der Waals surface area contributed by atoms with Crippen LogP contribution < -0.4 is 10.6 Å². The van der Waals surface area contributed by atoms with Gasteiger partial charge in [0.15, 0.2) is 0 Å². The molecule has 7 heteroatoms. The minimum absolute atomic E-state index is 0.0236. The first-order valence-corrected chi connectivity index (χ1v) is 8.27. The zero-order chi connectivity index (χ0) is 18.4. The molecular formula is C18H22N4O3. The molecule has 1 heterocycles. The highest BCUT2D eigenvalue weighted by Crippen LogP contribution is 2.15. The molecule has 25 heavy (non-hydrogen) atoms. The van der Waals surface area contributed by atoms with Crippen molar-refractivity contribution in [2.24, 2.45) is 5.92 Å². The lowest BCUT2D eigenvalue weighted by atomic mass is 10.0. The molecule has 0 saturated carbocycles. The highest BCUT2D eigenvalue weighted by Gasteiger charge is 2.26. The summed E-state index contributed by atoms with van der Waals surface area (Å²) in [7, 11) is 1.54. The van der Waals surface area contributed by atoms with Gasteiger partial charge in [-0.15, -0.1) is 0 Å². The number of hydrogen-bond acceptors (Lipinski definition) is 4. The fraction of sp³-hybridized carbons (Fsp3) is 0.444. The van der Waals surface area contributed by atoms with Gasteiger partial charge in [0, 0.05) is 37.3 Å². The Kier molecular flexibility index (Phi) is 6.12. The second-order valence-electron chi connectivity index (χ2n) is 6.09. The van der Waals surface area contributed by atoms with E-state index in [0.29, 0.717) is 37.1 Å². The minimum atomic E-state index is -0.674. The van der Waals surface area contributed by atoms with E-state index in [4.69, 9.17) is 5.26 Å². The fourth-order valence-electron chi connectivity index (χ4n) is 2.73. The van der Waals surface area contributed by atoms with Gasteiger partial charge in [0.05, 0.1) is 6.07 Å². The Balaban J connectivity index is 1.94. The maximum Gasteiger partial charge on any atom is 0.253 e. The van der Waals surface area contributed by atoms with Crippen LogP contribution in [0.3, 0.4) is 0 Å². The third-order valence-electron chi connectivity index (χ3n) is 4.31. The first-order chi connectivity index (χ1) is 12.0. The lowest BCUT2D eigenvalue weighted by Crippen LogP contribution is -2.47. The molecule has 1 atom stereocenters. The van der Waals surface area contributed by atoms with Crippen molar-refractivity contribution in [2.45, 2.75) is 25.8 Å². The quantitative estimate of drug-likeness (QED) is 0.849. The molecule has 1 unspecified atom stereocenters. The zero-order valence-corrected chi connectivity index (χ0v) is 14.4. The van der Waals surface area contributed by atoms with Crippen molar-refractivity contribution in [1.82, 2.24) is 15.5 Å².